The van der Waals surface area contributed by atoms with Crippen molar-refractivity contribution in [3.63, 3.8) is 0 Å². The van der Waals surface area contributed by atoms with Gasteiger partial charge in [0, 0.05) is 36.3 Å². The second-order valence-corrected chi connectivity index (χ2v) is 8.76. The standard InChI is InChI=1S/C26H22N10O2/c1-2-4-19-17(3-1)6-8-23(29-19)38-16-21-24(18-5-7-20(27-15-18)25-31-33-34-32-25)36-26(30-21)22(9-10-28-36)35-11-13-37-14-12-35/h1-10,15H,11-14,16H2,(H,31,32,33,34). The monoisotopic (exact) mass is 506 g/mol. The van der Waals surface area contributed by atoms with Gasteiger partial charge in [-0.3, -0.25) is 4.98 Å². The van der Waals surface area contributed by atoms with Crippen molar-refractivity contribution < 1.29 is 9.47 Å². The molecule has 0 saturated carbocycles. The van der Waals surface area contributed by atoms with E-state index >= 15 is 0 Å². The molecule has 0 aliphatic carbocycles. The summed E-state index contributed by atoms with van der Waals surface area (Å²) in [7, 11) is 0. The van der Waals surface area contributed by atoms with Crippen molar-refractivity contribution in [3.8, 4) is 28.7 Å². The lowest BCUT2D eigenvalue weighted by molar-refractivity contribution is 0.123. The number of nitrogens with zero attached hydrogens (tertiary/aromatic N) is 9. The zero-order valence-corrected chi connectivity index (χ0v) is 20.2. The highest BCUT2D eigenvalue weighted by Crippen LogP contribution is 2.31. The number of hydrogen-bond acceptors (Lipinski definition) is 10. The molecule has 5 aromatic heterocycles. The number of nitrogens with one attached hydrogen (secondary N) is 1. The number of aromatic amines is 1. The van der Waals surface area contributed by atoms with Crippen molar-refractivity contribution in [1.29, 1.82) is 0 Å². The van der Waals surface area contributed by atoms with E-state index in [0.29, 0.717) is 30.6 Å². The Morgan fingerprint density at radius 1 is 0.974 bits per heavy atom. The predicted molar refractivity (Wildman–Crippen MR) is 138 cm³/mol. The molecule has 1 aliphatic heterocycles. The quantitative estimate of drug-likeness (QED) is 0.359. The third-order valence-electron chi connectivity index (χ3n) is 6.46. The van der Waals surface area contributed by atoms with Crippen LogP contribution in [0.1, 0.15) is 5.69 Å². The van der Waals surface area contributed by atoms with E-state index in [4.69, 9.17) is 14.5 Å². The second-order valence-electron chi connectivity index (χ2n) is 8.76. The molecule has 1 aliphatic rings. The summed E-state index contributed by atoms with van der Waals surface area (Å²) >= 11 is 0. The molecule has 7 rings (SSSR count). The van der Waals surface area contributed by atoms with Crippen LogP contribution in [0.25, 0.3) is 39.3 Å². The Hall–Kier alpha value is -4.97. The number of fused-ring (bicyclic) bond motifs is 2. The van der Waals surface area contributed by atoms with Crippen LogP contribution in [0, 0.1) is 0 Å². The highest BCUT2D eigenvalue weighted by atomic mass is 16.5. The van der Waals surface area contributed by atoms with E-state index in [9.17, 15) is 0 Å². The highest BCUT2D eigenvalue weighted by molar-refractivity contribution is 5.79. The zero-order valence-electron chi connectivity index (χ0n) is 20.2. The Morgan fingerprint density at radius 2 is 1.89 bits per heavy atom. The maximum Gasteiger partial charge on any atom is 0.222 e. The first-order chi connectivity index (χ1) is 18.8. The van der Waals surface area contributed by atoms with Crippen molar-refractivity contribution in [2.45, 2.75) is 6.61 Å². The number of morpholine rings is 1. The van der Waals surface area contributed by atoms with E-state index < -0.39 is 0 Å². The van der Waals surface area contributed by atoms with Crippen LogP contribution in [-0.4, -0.2) is 71.5 Å². The van der Waals surface area contributed by atoms with Gasteiger partial charge >= 0.3 is 0 Å². The Balaban J connectivity index is 1.29. The van der Waals surface area contributed by atoms with Gasteiger partial charge in [0.2, 0.25) is 11.7 Å². The Kier molecular flexibility index (Phi) is 5.55. The largest absolute Gasteiger partial charge is 0.471 e. The number of rotatable bonds is 6. The molecular formula is C26H22N10O2. The van der Waals surface area contributed by atoms with Crippen molar-refractivity contribution in [1.82, 2.24) is 45.2 Å². The predicted octanol–water partition coefficient (Wildman–Crippen LogP) is 2.94. The number of hydrogen-bond donors (Lipinski definition) is 1. The molecular weight excluding hydrogens is 484 g/mol. The molecule has 6 aromatic rings. The molecule has 12 heteroatoms. The zero-order chi connectivity index (χ0) is 25.3. The summed E-state index contributed by atoms with van der Waals surface area (Å²) in [6, 6.07) is 17.6. The lowest BCUT2D eigenvalue weighted by Crippen LogP contribution is -2.36. The molecule has 0 unspecified atom stereocenters. The Bertz CT molecular complexity index is 1710. The third-order valence-corrected chi connectivity index (χ3v) is 6.46. The molecule has 0 amide bonds. The summed E-state index contributed by atoms with van der Waals surface area (Å²) in [6.45, 7) is 3.13. The van der Waals surface area contributed by atoms with E-state index in [2.05, 4.69) is 40.6 Å². The van der Waals surface area contributed by atoms with E-state index in [1.165, 1.54) is 0 Å². The number of para-hydroxylation sites is 1. The molecule has 0 atom stereocenters. The van der Waals surface area contributed by atoms with Crippen LogP contribution in [0.4, 0.5) is 5.69 Å². The maximum absolute atomic E-state index is 6.16. The number of aromatic nitrogens is 9. The lowest BCUT2D eigenvalue weighted by atomic mass is 10.1. The molecule has 12 nitrogen and oxygen atoms in total. The maximum atomic E-state index is 6.16. The number of imidazole rings is 1. The van der Waals surface area contributed by atoms with Gasteiger partial charge in [-0.2, -0.15) is 10.3 Å². The Morgan fingerprint density at radius 3 is 2.74 bits per heavy atom. The van der Waals surface area contributed by atoms with Crippen molar-refractivity contribution in [3.05, 3.63) is 72.7 Å². The van der Waals surface area contributed by atoms with Crippen molar-refractivity contribution in [2.75, 3.05) is 31.2 Å². The van der Waals surface area contributed by atoms with Crippen LogP contribution in [0.15, 0.2) is 67.0 Å². The van der Waals surface area contributed by atoms with E-state index in [1.807, 2.05) is 59.1 Å². The topological polar surface area (TPSA) is 132 Å². The second kappa shape index (κ2) is 9.48. The average molecular weight is 507 g/mol. The third kappa shape index (κ3) is 4.06. The number of H-pyrrole nitrogens is 1. The van der Waals surface area contributed by atoms with Gasteiger partial charge in [0.25, 0.3) is 0 Å². The van der Waals surface area contributed by atoms with E-state index in [-0.39, 0.29) is 6.61 Å². The molecule has 1 N–H and O–H groups in total. The molecule has 0 bridgehead atoms. The number of ether oxygens (including phenoxy) is 2. The van der Waals surface area contributed by atoms with Crippen LogP contribution < -0.4 is 9.64 Å². The minimum atomic E-state index is 0.208. The molecule has 0 radical (unpaired) electrons. The van der Waals surface area contributed by atoms with Crippen molar-refractivity contribution in [2.24, 2.45) is 0 Å². The summed E-state index contributed by atoms with van der Waals surface area (Å²) in [5.74, 6) is 0.951. The molecule has 1 saturated heterocycles. The molecule has 1 fully saturated rings. The van der Waals surface area contributed by atoms with Crippen LogP contribution in [-0.2, 0) is 11.3 Å². The van der Waals surface area contributed by atoms with Gasteiger partial charge in [-0.1, -0.05) is 18.2 Å². The smallest absolute Gasteiger partial charge is 0.222 e. The SMILES string of the molecule is c1ccc2nc(OCc3nc4c(N5CCOCC5)ccnn4c3-c3ccc(-c4nn[nH]n4)nc3)ccc2c1. The summed E-state index contributed by atoms with van der Waals surface area (Å²) in [4.78, 5) is 16.5. The molecule has 0 spiro atoms. The van der Waals surface area contributed by atoms with Crippen LogP contribution in [0.5, 0.6) is 5.88 Å². The number of pyridine rings is 2. The number of benzene rings is 1. The van der Waals surface area contributed by atoms with E-state index in [1.54, 1.807) is 12.4 Å². The van der Waals surface area contributed by atoms with Gasteiger partial charge in [-0.25, -0.2) is 14.5 Å². The summed E-state index contributed by atoms with van der Waals surface area (Å²) < 4.78 is 13.6. The summed E-state index contributed by atoms with van der Waals surface area (Å²) in [5, 5.41) is 19.8. The van der Waals surface area contributed by atoms with Crippen LogP contribution in [0.2, 0.25) is 0 Å². The van der Waals surface area contributed by atoms with Gasteiger partial charge in [-0.15, -0.1) is 10.2 Å². The lowest BCUT2D eigenvalue weighted by Gasteiger charge is -2.28. The molecule has 1 aromatic carbocycles. The van der Waals surface area contributed by atoms with Gasteiger partial charge < -0.3 is 14.4 Å². The summed E-state index contributed by atoms with van der Waals surface area (Å²) in [6.07, 6.45) is 3.55. The first-order valence-corrected chi connectivity index (χ1v) is 12.2. The van der Waals surface area contributed by atoms with Crippen LogP contribution >= 0.6 is 0 Å². The van der Waals surface area contributed by atoms with Crippen LogP contribution in [0.3, 0.4) is 0 Å². The van der Waals surface area contributed by atoms with Gasteiger partial charge in [0.1, 0.15) is 23.7 Å². The average Bonchev–Trinajstić information content (AvgIpc) is 3.65. The molecule has 38 heavy (non-hydrogen) atoms. The fourth-order valence-electron chi connectivity index (χ4n) is 4.63. The van der Waals surface area contributed by atoms with E-state index in [0.717, 1.165) is 52.3 Å². The molecule has 188 valence electrons. The molecule has 6 heterocycles. The van der Waals surface area contributed by atoms with Crippen molar-refractivity contribution >= 4 is 22.2 Å². The van der Waals surface area contributed by atoms with Gasteiger partial charge in [-0.05, 0) is 35.5 Å². The number of tetrazole rings is 1. The first-order valence-electron chi connectivity index (χ1n) is 12.2. The number of anilines is 1. The Labute approximate surface area is 216 Å². The minimum Gasteiger partial charge on any atom is -0.471 e. The highest BCUT2D eigenvalue weighted by Gasteiger charge is 2.22. The van der Waals surface area contributed by atoms with Gasteiger partial charge in [0.15, 0.2) is 5.65 Å². The summed E-state index contributed by atoms with van der Waals surface area (Å²) in [5.41, 5.74) is 5.58. The first kappa shape index (κ1) is 22.2. The van der Waals surface area contributed by atoms with Gasteiger partial charge in [0.05, 0.1) is 30.6 Å². The fraction of sp³-hybridized carbons (Fsp3) is 0.192. The fourth-order valence-corrected chi connectivity index (χ4v) is 4.63. The normalized spacial score (nSPS) is 13.8. The minimum absolute atomic E-state index is 0.208.